The van der Waals surface area contributed by atoms with E-state index in [0.29, 0.717) is 0 Å². The molecule has 0 radical (unpaired) electrons. The Morgan fingerprint density at radius 1 is 1.14 bits per heavy atom. The van der Waals surface area contributed by atoms with Crippen LogP contribution in [-0.4, -0.2) is 17.6 Å². The first-order valence-corrected chi connectivity index (χ1v) is 7.19. The van der Waals surface area contributed by atoms with Crippen LogP contribution in [0.5, 0.6) is 5.75 Å². The lowest BCUT2D eigenvalue weighted by Gasteiger charge is -2.15. The molecule has 0 aliphatic carbocycles. The second-order valence-corrected chi connectivity index (χ2v) is 5.18. The van der Waals surface area contributed by atoms with Gasteiger partial charge in [0.25, 0.3) is 0 Å². The minimum absolute atomic E-state index is 0.0421. The summed E-state index contributed by atoms with van der Waals surface area (Å²) in [5.74, 6) is 0.770. The van der Waals surface area contributed by atoms with E-state index in [4.69, 9.17) is 4.74 Å². The van der Waals surface area contributed by atoms with Crippen molar-refractivity contribution in [2.75, 3.05) is 12.4 Å². The van der Waals surface area contributed by atoms with Gasteiger partial charge in [0.2, 0.25) is 5.91 Å². The maximum atomic E-state index is 12.4. The number of para-hydroxylation sites is 1. The number of amides is 1. The number of aromatic nitrogens is 1. The molecule has 3 rings (SSSR count). The van der Waals surface area contributed by atoms with Gasteiger partial charge in [-0.1, -0.05) is 18.2 Å². The molecular weight excluding hydrogens is 276 g/mol. The Bertz CT molecular complexity index is 793. The minimum Gasteiger partial charge on any atom is -0.497 e. The van der Waals surface area contributed by atoms with E-state index in [1.54, 1.807) is 7.11 Å². The summed E-state index contributed by atoms with van der Waals surface area (Å²) in [7, 11) is 1.65. The molecule has 0 aliphatic heterocycles. The van der Waals surface area contributed by atoms with E-state index >= 15 is 0 Å². The topological polar surface area (TPSA) is 43.3 Å². The highest BCUT2D eigenvalue weighted by Crippen LogP contribution is 2.25. The first kappa shape index (κ1) is 14.2. The molecule has 1 heterocycles. The van der Waals surface area contributed by atoms with E-state index in [0.717, 1.165) is 22.3 Å². The average Bonchev–Trinajstić information content (AvgIpc) is 2.97. The lowest BCUT2D eigenvalue weighted by molar-refractivity contribution is -0.118. The second-order valence-electron chi connectivity index (χ2n) is 5.18. The first-order chi connectivity index (χ1) is 10.7. The number of fused-ring (bicyclic) bond motifs is 1. The lowest BCUT2D eigenvalue weighted by atomic mass is 10.2. The van der Waals surface area contributed by atoms with Crippen molar-refractivity contribution < 1.29 is 9.53 Å². The molecule has 0 saturated carbocycles. The van der Waals surface area contributed by atoms with Crippen LogP contribution in [0.2, 0.25) is 0 Å². The van der Waals surface area contributed by atoms with E-state index < -0.39 is 0 Å². The molecule has 4 nitrogen and oxygen atoms in total. The van der Waals surface area contributed by atoms with Crippen molar-refractivity contribution in [1.29, 1.82) is 0 Å². The zero-order valence-corrected chi connectivity index (χ0v) is 12.6. The van der Waals surface area contributed by atoms with Crippen LogP contribution < -0.4 is 10.1 Å². The third-order valence-corrected chi connectivity index (χ3v) is 3.77. The summed E-state index contributed by atoms with van der Waals surface area (Å²) in [6.07, 6.45) is 1.93. The summed E-state index contributed by atoms with van der Waals surface area (Å²) < 4.78 is 7.20. The van der Waals surface area contributed by atoms with Crippen molar-refractivity contribution in [3.8, 4) is 5.75 Å². The molecule has 112 valence electrons. The summed E-state index contributed by atoms with van der Waals surface area (Å²) in [5, 5.41) is 3.99. The van der Waals surface area contributed by atoms with E-state index in [1.807, 2.05) is 72.3 Å². The van der Waals surface area contributed by atoms with Crippen LogP contribution >= 0.6 is 0 Å². The summed E-state index contributed by atoms with van der Waals surface area (Å²) in [6.45, 7) is 1.89. The number of carbonyl (C=O) groups is 1. The molecule has 3 aromatic rings. The van der Waals surface area contributed by atoms with Gasteiger partial charge < -0.3 is 14.6 Å². The number of carbonyl (C=O) groups excluding carboxylic acids is 1. The second kappa shape index (κ2) is 5.93. The SMILES string of the molecule is COc1ccc2c(ccn2C(C)C(=O)Nc2ccccc2)c1. The van der Waals surface area contributed by atoms with Crippen LogP contribution in [0.1, 0.15) is 13.0 Å². The molecule has 0 fully saturated rings. The summed E-state index contributed by atoms with van der Waals surface area (Å²) in [4.78, 5) is 12.4. The van der Waals surface area contributed by atoms with Gasteiger partial charge in [-0.3, -0.25) is 4.79 Å². The highest BCUT2D eigenvalue weighted by atomic mass is 16.5. The summed E-state index contributed by atoms with van der Waals surface area (Å²) in [5.41, 5.74) is 1.81. The number of methoxy groups -OCH3 is 1. The predicted octanol–water partition coefficient (Wildman–Crippen LogP) is 3.85. The fourth-order valence-corrected chi connectivity index (χ4v) is 2.50. The van der Waals surface area contributed by atoms with Crippen LogP contribution in [0.4, 0.5) is 5.69 Å². The zero-order valence-electron chi connectivity index (χ0n) is 12.6. The van der Waals surface area contributed by atoms with Gasteiger partial charge in [0.05, 0.1) is 7.11 Å². The summed E-state index contributed by atoms with van der Waals surface area (Å²) in [6, 6.07) is 17.0. The summed E-state index contributed by atoms with van der Waals surface area (Å²) >= 11 is 0. The monoisotopic (exact) mass is 294 g/mol. The highest BCUT2D eigenvalue weighted by Gasteiger charge is 2.16. The Morgan fingerprint density at radius 2 is 1.91 bits per heavy atom. The number of rotatable bonds is 4. The first-order valence-electron chi connectivity index (χ1n) is 7.19. The van der Waals surface area contributed by atoms with Gasteiger partial charge in [-0.15, -0.1) is 0 Å². The van der Waals surface area contributed by atoms with Gasteiger partial charge in [0, 0.05) is 22.8 Å². The predicted molar refractivity (Wildman–Crippen MR) is 88.3 cm³/mol. The molecule has 1 unspecified atom stereocenters. The molecule has 1 aromatic heterocycles. The van der Waals surface area contributed by atoms with E-state index in [-0.39, 0.29) is 11.9 Å². The largest absolute Gasteiger partial charge is 0.497 e. The number of anilines is 1. The maximum absolute atomic E-state index is 12.4. The number of hydrogen-bond donors (Lipinski definition) is 1. The highest BCUT2D eigenvalue weighted by molar-refractivity contribution is 5.95. The van der Waals surface area contributed by atoms with Crippen molar-refractivity contribution in [1.82, 2.24) is 4.57 Å². The normalized spacial score (nSPS) is 12.1. The number of nitrogens with zero attached hydrogens (tertiary/aromatic N) is 1. The van der Waals surface area contributed by atoms with E-state index in [1.165, 1.54) is 0 Å². The van der Waals surface area contributed by atoms with Crippen molar-refractivity contribution in [3.05, 3.63) is 60.8 Å². The van der Waals surface area contributed by atoms with Gasteiger partial charge in [-0.05, 0) is 43.3 Å². The number of nitrogens with one attached hydrogen (secondary N) is 1. The Kier molecular flexibility index (Phi) is 3.83. The van der Waals surface area contributed by atoms with Crippen molar-refractivity contribution in [3.63, 3.8) is 0 Å². The third kappa shape index (κ3) is 2.68. The van der Waals surface area contributed by atoms with Crippen LogP contribution in [0.3, 0.4) is 0 Å². The van der Waals surface area contributed by atoms with Crippen LogP contribution in [0.15, 0.2) is 60.8 Å². The van der Waals surface area contributed by atoms with Gasteiger partial charge in [0.15, 0.2) is 0 Å². The molecule has 2 aromatic carbocycles. The fourth-order valence-electron chi connectivity index (χ4n) is 2.50. The Morgan fingerprint density at radius 3 is 2.64 bits per heavy atom. The minimum atomic E-state index is -0.300. The smallest absolute Gasteiger partial charge is 0.247 e. The fraction of sp³-hybridized carbons (Fsp3) is 0.167. The Hall–Kier alpha value is -2.75. The standard InChI is InChI=1S/C18H18N2O2/c1-13(18(21)19-15-6-4-3-5-7-15)20-11-10-14-12-16(22-2)8-9-17(14)20/h3-13H,1-2H3,(H,19,21). The van der Waals surface area contributed by atoms with E-state index in [2.05, 4.69) is 5.32 Å². The van der Waals surface area contributed by atoms with Crippen molar-refractivity contribution in [2.45, 2.75) is 13.0 Å². The number of benzene rings is 2. The van der Waals surface area contributed by atoms with Gasteiger partial charge in [-0.25, -0.2) is 0 Å². The number of ether oxygens (including phenoxy) is 1. The van der Waals surface area contributed by atoms with Crippen LogP contribution in [0, 0.1) is 0 Å². The van der Waals surface area contributed by atoms with Crippen molar-refractivity contribution in [2.24, 2.45) is 0 Å². The zero-order chi connectivity index (χ0) is 15.5. The molecule has 22 heavy (non-hydrogen) atoms. The van der Waals surface area contributed by atoms with Gasteiger partial charge >= 0.3 is 0 Å². The molecular formula is C18H18N2O2. The molecule has 0 saturated heterocycles. The van der Waals surface area contributed by atoms with E-state index in [9.17, 15) is 4.79 Å². The average molecular weight is 294 g/mol. The lowest BCUT2D eigenvalue weighted by Crippen LogP contribution is -2.23. The van der Waals surface area contributed by atoms with Crippen LogP contribution in [0.25, 0.3) is 10.9 Å². The van der Waals surface area contributed by atoms with Gasteiger partial charge in [-0.2, -0.15) is 0 Å². The molecule has 4 heteroatoms. The Balaban J connectivity index is 1.85. The van der Waals surface area contributed by atoms with Gasteiger partial charge in [0.1, 0.15) is 11.8 Å². The molecule has 1 N–H and O–H groups in total. The van der Waals surface area contributed by atoms with Crippen molar-refractivity contribution >= 4 is 22.5 Å². The maximum Gasteiger partial charge on any atom is 0.247 e. The molecule has 0 spiro atoms. The van der Waals surface area contributed by atoms with Crippen LogP contribution in [-0.2, 0) is 4.79 Å². The number of hydrogen-bond acceptors (Lipinski definition) is 2. The molecule has 0 bridgehead atoms. The molecule has 0 aliphatic rings. The Labute approximate surface area is 129 Å². The molecule has 1 amide bonds. The quantitative estimate of drug-likeness (QED) is 0.794. The molecule has 1 atom stereocenters. The third-order valence-electron chi connectivity index (χ3n) is 3.77.